The van der Waals surface area contributed by atoms with Crippen LogP contribution in [0.15, 0.2) is 16.8 Å². The van der Waals surface area contributed by atoms with Crippen LogP contribution in [0.3, 0.4) is 0 Å². The molecule has 2 nitrogen and oxygen atoms in total. The highest BCUT2D eigenvalue weighted by molar-refractivity contribution is 8.07. The largest absolute Gasteiger partial charge is 0.271 e. The van der Waals surface area contributed by atoms with E-state index in [0.29, 0.717) is 16.5 Å². The van der Waals surface area contributed by atoms with Crippen molar-refractivity contribution in [1.29, 1.82) is 0 Å². The van der Waals surface area contributed by atoms with Crippen LogP contribution < -0.4 is 11.3 Å². The predicted molar refractivity (Wildman–Crippen MR) is 81.9 cm³/mol. The molecule has 17 heavy (non-hydrogen) atoms. The summed E-state index contributed by atoms with van der Waals surface area (Å²) in [6.45, 7) is 2.33. The average molecular weight is 289 g/mol. The van der Waals surface area contributed by atoms with Gasteiger partial charge in [-0.15, -0.1) is 0 Å². The number of thioether (sulfide) groups is 2. The van der Waals surface area contributed by atoms with Gasteiger partial charge in [0.25, 0.3) is 0 Å². The highest BCUT2D eigenvalue weighted by Gasteiger charge is 2.29. The minimum Gasteiger partial charge on any atom is -0.271 e. The molecule has 1 aliphatic rings. The number of hydrogen-bond acceptors (Lipinski definition) is 5. The summed E-state index contributed by atoms with van der Waals surface area (Å²) < 4.78 is 0. The fraction of sp³-hybridized carbons (Fsp3) is 0.667. The first-order valence-electron chi connectivity index (χ1n) is 6.01. The molecule has 0 spiro atoms. The van der Waals surface area contributed by atoms with Gasteiger partial charge in [0.2, 0.25) is 0 Å². The van der Waals surface area contributed by atoms with Gasteiger partial charge in [-0.2, -0.15) is 34.9 Å². The molecule has 5 heteroatoms. The minimum absolute atomic E-state index is 0.433. The van der Waals surface area contributed by atoms with Crippen LogP contribution in [0.4, 0.5) is 0 Å². The molecule has 0 radical (unpaired) electrons. The zero-order chi connectivity index (χ0) is 12.1. The second kappa shape index (κ2) is 7.04. The topological polar surface area (TPSA) is 38.0 Å². The molecule has 1 aromatic heterocycles. The van der Waals surface area contributed by atoms with E-state index in [-0.39, 0.29) is 0 Å². The van der Waals surface area contributed by atoms with Crippen molar-refractivity contribution in [2.75, 3.05) is 11.5 Å². The first kappa shape index (κ1) is 13.7. The molecule has 0 saturated carbocycles. The van der Waals surface area contributed by atoms with Gasteiger partial charge in [0.15, 0.2) is 0 Å². The van der Waals surface area contributed by atoms with Gasteiger partial charge in [-0.05, 0) is 35.2 Å². The maximum Gasteiger partial charge on any atom is 0.0343 e. The summed E-state index contributed by atoms with van der Waals surface area (Å²) in [6.07, 6.45) is 2.27. The highest BCUT2D eigenvalue weighted by Crippen LogP contribution is 2.34. The minimum atomic E-state index is 0.433. The maximum atomic E-state index is 5.74. The molecule has 3 N–H and O–H groups in total. The zero-order valence-corrected chi connectivity index (χ0v) is 12.5. The fourth-order valence-electron chi connectivity index (χ4n) is 2.19. The lowest BCUT2D eigenvalue weighted by molar-refractivity contribution is 0.474. The first-order chi connectivity index (χ1) is 8.31. The lowest BCUT2D eigenvalue weighted by Gasteiger charge is -2.34. The van der Waals surface area contributed by atoms with E-state index in [9.17, 15) is 0 Å². The number of nitrogens with two attached hydrogens (primary N) is 1. The third-order valence-corrected chi connectivity index (χ3v) is 7.15. The zero-order valence-electron chi connectivity index (χ0n) is 10.1. The second-order valence-electron chi connectivity index (χ2n) is 4.35. The van der Waals surface area contributed by atoms with Crippen LogP contribution in [-0.2, 0) is 6.42 Å². The van der Waals surface area contributed by atoms with Crippen LogP contribution in [0, 0.1) is 0 Å². The van der Waals surface area contributed by atoms with Gasteiger partial charge >= 0.3 is 0 Å². The summed E-state index contributed by atoms with van der Waals surface area (Å²) in [5.41, 5.74) is 4.47. The summed E-state index contributed by atoms with van der Waals surface area (Å²) in [4.78, 5) is 0. The van der Waals surface area contributed by atoms with E-state index in [2.05, 4.69) is 52.7 Å². The molecule has 0 aliphatic carbocycles. The van der Waals surface area contributed by atoms with E-state index in [1.54, 1.807) is 11.3 Å². The fourth-order valence-corrected chi connectivity index (χ4v) is 5.88. The van der Waals surface area contributed by atoms with E-state index in [1.807, 2.05) is 0 Å². The molecule has 1 aliphatic heterocycles. The van der Waals surface area contributed by atoms with Crippen molar-refractivity contribution >= 4 is 34.9 Å². The van der Waals surface area contributed by atoms with Crippen LogP contribution >= 0.6 is 34.9 Å². The van der Waals surface area contributed by atoms with Gasteiger partial charge in [-0.1, -0.05) is 6.92 Å². The van der Waals surface area contributed by atoms with Gasteiger partial charge in [0, 0.05) is 28.0 Å². The van der Waals surface area contributed by atoms with Crippen LogP contribution in [0.1, 0.15) is 18.9 Å². The Bertz CT molecular complexity index is 316. The van der Waals surface area contributed by atoms with Crippen molar-refractivity contribution in [3.8, 4) is 0 Å². The SMILES string of the molecule is CC1SCCSC1C(CCc1ccsc1)NN. The van der Waals surface area contributed by atoms with E-state index >= 15 is 0 Å². The van der Waals surface area contributed by atoms with E-state index in [4.69, 9.17) is 5.84 Å². The standard InChI is InChI=1S/C12H20N2S3/c1-9-12(17-7-6-16-9)11(14-13)3-2-10-4-5-15-8-10/h4-5,8-9,11-12,14H,2-3,6-7,13H2,1H3. The smallest absolute Gasteiger partial charge is 0.0343 e. The van der Waals surface area contributed by atoms with E-state index in [1.165, 1.54) is 17.1 Å². The van der Waals surface area contributed by atoms with Crippen LogP contribution in [0.5, 0.6) is 0 Å². The van der Waals surface area contributed by atoms with Gasteiger partial charge in [0.05, 0.1) is 0 Å². The quantitative estimate of drug-likeness (QED) is 0.645. The van der Waals surface area contributed by atoms with Crippen molar-refractivity contribution in [2.24, 2.45) is 5.84 Å². The summed E-state index contributed by atoms with van der Waals surface area (Å²) in [5, 5.41) is 5.74. The third-order valence-electron chi connectivity index (χ3n) is 3.17. The summed E-state index contributed by atoms with van der Waals surface area (Å²) in [5.74, 6) is 8.28. The molecule has 0 aromatic carbocycles. The van der Waals surface area contributed by atoms with Gasteiger partial charge in [0.1, 0.15) is 0 Å². The van der Waals surface area contributed by atoms with Crippen molar-refractivity contribution in [3.63, 3.8) is 0 Å². The lowest BCUT2D eigenvalue weighted by Crippen LogP contribution is -2.47. The Hall–Kier alpha value is 0.320. The van der Waals surface area contributed by atoms with Crippen LogP contribution in [0.25, 0.3) is 0 Å². The maximum absolute atomic E-state index is 5.74. The molecule has 3 unspecified atom stereocenters. The van der Waals surface area contributed by atoms with Gasteiger partial charge in [-0.25, -0.2) is 0 Å². The summed E-state index contributed by atoms with van der Waals surface area (Å²) in [7, 11) is 0. The first-order valence-corrected chi connectivity index (χ1v) is 9.05. The number of hydrazine groups is 1. The molecule has 1 saturated heterocycles. The normalized spacial score (nSPS) is 26.9. The molecular weight excluding hydrogens is 268 g/mol. The Balaban J connectivity index is 1.86. The van der Waals surface area contributed by atoms with Crippen LogP contribution in [0.2, 0.25) is 0 Å². The van der Waals surface area contributed by atoms with Crippen LogP contribution in [-0.4, -0.2) is 28.0 Å². The van der Waals surface area contributed by atoms with E-state index < -0.39 is 0 Å². The average Bonchev–Trinajstić information content (AvgIpc) is 2.85. The Labute approximate surface area is 116 Å². The molecule has 1 fully saturated rings. The number of aryl methyl sites for hydroxylation is 1. The number of rotatable bonds is 5. The Morgan fingerprint density at radius 3 is 2.94 bits per heavy atom. The van der Waals surface area contributed by atoms with Crippen molar-refractivity contribution < 1.29 is 0 Å². The lowest BCUT2D eigenvalue weighted by atomic mass is 10.0. The molecule has 2 heterocycles. The highest BCUT2D eigenvalue weighted by atomic mass is 32.2. The Morgan fingerprint density at radius 1 is 1.47 bits per heavy atom. The molecule has 0 amide bonds. The monoisotopic (exact) mass is 288 g/mol. The summed E-state index contributed by atoms with van der Waals surface area (Å²) in [6, 6.07) is 2.65. The molecule has 2 rings (SSSR count). The van der Waals surface area contributed by atoms with Gasteiger partial charge < -0.3 is 0 Å². The van der Waals surface area contributed by atoms with Gasteiger partial charge in [-0.3, -0.25) is 11.3 Å². The van der Waals surface area contributed by atoms with Crippen molar-refractivity contribution in [2.45, 2.75) is 36.3 Å². The third kappa shape index (κ3) is 3.89. The molecular formula is C12H20N2S3. The van der Waals surface area contributed by atoms with Crippen molar-refractivity contribution in [1.82, 2.24) is 5.43 Å². The number of thiophene rings is 1. The number of nitrogens with one attached hydrogen (secondary N) is 1. The molecule has 1 aromatic rings. The number of hydrogen-bond donors (Lipinski definition) is 2. The summed E-state index contributed by atoms with van der Waals surface area (Å²) >= 11 is 5.93. The predicted octanol–water partition coefficient (Wildman–Crippen LogP) is 2.75. The Kier molecular flexibility index (Phi) is 5.69. The van der Waals surface area contributed by atoms with Crippen molar-refractivity contribution in [3.05, 3.63) is 22.4 Å². The Morgan fingerprint density at radius 2 is 2.29 bits per heavy atom. The second-order valence-corrected chi connectivity index (χ2v) is 7.91. The molecule has 0 bridgehead atoms. The molecule has 3 atom stereocenters. The van der Waals surface area contributed by atoms with E-state index in [0.717, 1.165) is 12.8 Å². The molecule has 96 valence electrons.